The van der Waals surface area contributed by atoms with Gasteiger partial charge in [-0.05, 0) is 37.0 Å². The van der Waals surface area contributed by atoms with E-state index in [1.54, 1.807) is 18.4 Å². The summed E-state index contributed by atoms with van der Waals surface area (Å²) in [4.78, 5) is 9.39. The summed E-state index contributed by atoms with van der Waals surface area (Å²) in [7, 11) is 1.67. The minimum Gasteiger partial charge on any atom is -0.497 e. The molecule has 0 unspecified atom stereocenters. The average Bonchev–Trinajstić information content (AvgIpc) is 3.19. The molecule has 0 spiro atoms. The van der Waals surface area contributed by atoms with E-state index < -0.39 is 0 Å². The van der Waals surface area contributed by atoms with Gasteiger partial charge in [-0.15, -0.1) is 11.3 Å². The maximum absolute atomic E-state index is 5.40. The fraction of sp³-hybridized carbons (Fsp3) is 0.524. The number of hydrogen-bond acceptors (Lipinski definition) is 5. The van der Waals surface area contributed by atoms with Crippen LogP contribution in [-0.4, -0.2) is 37.8 Å². The quantitative estimate of drug-likeness (QED) is 0.337. The van der Waals surface area contributed by atoms with Gasteiger partial charge in [0, 0.05) is 25.1 Å². The summed E-state index contributed by atoms with van der Waals surface area (Å²) in [6, 6.07) is 7.97. The number of guanidine groups is 1. The summed E-state index contributed by atoms with van der Waals surface area (Å²) in [6.07, 6.45) is 0.936. The van der Waals surface area contributed by atoms with Crippen molar-refractivity contribution >= 4 is 17.3 Å². The molecule has 28 heavy (non-hydrogen) atoms. The number of aromatic nitrogens is 1. The molecular formula is C21H32N4O2S. The second-order valence-corrected chi connectivity index (χ2v) is 7.61. The first-order chi connectivity index (χ1) is 13.6. The largest absolute Gasteiger partial charge is 0.497 e. The summed E-state index contributed by atoms with van der Waals surface area (Å²) in [5.74, 6) is 2.09. The number of rotatable bonds is 11. The van der Waals surface area contributed by atoms with Crippen molar-refractivity contribution in [2.24, 2.45) is 4.99 Å². The molecule has 1 aromatic heterocycles. The van der Waals surface area contributed by atoms with E-state index in [9.17, 15) is 0 Å². The van der Waals surface area contributed by atoms with Crippen molar-refractivity contribution in [3.05, 3.63) is 45.9 Å². The standard InChI is InChI=1S/C21H32N4O2S/c1-5-27-12-6-11-22-21(23-13-17-7-9-18(26-4)10-8-17)24-14-20-25-19(15-28-20)16(2)3/h7-10,15-16H,5-6,11-14H2,1-4H3,(H2,22,23,24). The zero-order valence-corrected chi connectivity index (χ0v) is 18.1. The summed E-state index contributed by atoms with van der Waals surface area (Å²) < 4.78 is 10.6. The highest BCUT2D eigenvalue weighted by molar-refractivity contribution is 7.09. The Morgan fingerprint density at radius 2 is 2.00 bits per heavy atom. The van der Waals surface area contributed by atoms with Gasteiger partial charge in [0.05, 0.1) is 25.9 Å². The molecule has 2 rings (SSSR count). The number of ether oxygens (including phenoxy) is 2. The molecule has 2 N–H and O–H groups in total. The molecule has 0 saturated heterocycles. The van der Waals surface area contributed by atoms with Gasteiger partial charge in [0.1, 0.15) is 10.8 Å². The molecule has 0 radical (unpaired) electrons. The highest BCUT2D eigenvalue weighted by Crippen LogP contribution is 2.17. The molecule has 1 aromatic carbocycles. The fourth-order valence-electron chi connectivity index (χ4n) is 2.43. The topological polar surface area (TPSA) is 67.8 Å². The Morgan fingerprint density at radius 3 is 2.64 bits per heavy atom. The van der Waals surface area contributed by atoms with E-state index in [2.05, 4.69) is 34.8 Å². The molecule has 0 fully saturated rings. The Labute approximate surface area is 172 Å². The zero-order valence-electron chi connectivity index (χ0n) is 17.3. The maximum Gasteiger partial charge on any atom is 0.191 e. The minimum absolute atomic E-state index is 0.449. The molecule has 0 aliphatic rings. The van der Waals surface area contributed by atoms with E-state index in [0.717, 1.165) is 54.2 Å². The Balaban J connectivity index is 1.93. The van der Waals surface area contributed by atoms with Crippen LogP contribution < -0.4 is 15.4 Å². The van der Waals surface area contributed by atoms with Crippen molar-refractivity contribution < 1.29 is 9.47 Å². The maximum atomic E-state index is 5.40. The lowest BCUT2D eigenvalue weighted by atomic mass is 10.2. The van der Waals surface area contributed by atoms with E-state index >= 15 is 0 Å². The fourth-order valence-corrected chi connectivity index (χ4v) is 3.33. The van der Waals surface area contributed by atoms with Gasteiger partial charge in [-0.3, -0.25) is 0 Å². The molecule has 1 heterocycles. The van der Waals surface area contributed by atoms with Crippen LogP contribution in [0.15, 0.2) is 34.6 Å². The molecule has 0 aliphatic carbocycles. The SMILES string of the molecule is CCOCCCNC(=NCc1ccc(OC)cc1)NCc1nc(C(C)C)cs1. The van der Waals surface area contributed by atoms with Crippen LogP contribution >= 0.6 is 11.3 Å². The summed E-state index contributed by atoms with van der Waals surface area (Å²) in [5, 5.41) is 9.97. The molecule has 154 valence electrons. The highest BCUT2D eigenvalue weighted by atomic mass is 32.1. The Morgan fingerprint density at radius 1 is 1.21 bits per heavy atom. The Hall–Kier alpha value is -2.12. The van der Waals surface area contributed by atoms with Gasteiger partial charge in [0.15, 0.2) is 5.96 Å². The molecular weight excluding hydrogens is 372 g/mol. The summed E-state index contributed by atoms with van der Waals surface area (Å²) in [6.45, 7) is 9.90. The smallest absolute Gasteiger partial charge is 0.191 e. The van der Waals surface area contributed by atoms with Crippen LogP contribution in [0.5, 0.6) is 5.75 Å². The van der Waals surface area contributed by atoms with E-state index in [1.807, 2.05) is 31.2 Å². The second-order valence-electron chi connectivity index (χ2n) is 6.66. The first-order valence-electron chi connectivity index (χ1n) is 9.79. The van der Waals surface area contributed by atoms with Crippen molar-refractivity contribution in [1.29, 1.82) is 0 Å². The van der Waals surface area contributed by atoms with E-state index in [-0.39, 0.29) is 0 Å². The third-order valence-electron chi connectivity index (χ3n) is 4.11. The van der Waals surface area contributed by atoms with Crippen molar-refractivity contribution in [3.8, 4) is 5.75 Å². The van der Waals surface area contributed by atoms with E-state index in [1.165, 1.54) is 0 Å². The van der Waals surface area contributed by atoms with Crippen molar-refractivity contribution in [2.45, 2.75) is 46.2 Å². The number of thiazole rings is 1. The van der Waals surface area contributed by atoms with Crippen molar-refractivity contribution in [3.63, 3.8) is 0 Å². The molecule has 7 heteroatoms. The van der Waals surface area contributed by atoms with Crippen LogP contribution in [0.2, 0.25) is 0 Å². The van der Waals surface area contributed by atoms with Gasteiger partial charge < -0.3 is 20.1 Å². The van der Waals surface area contributed by atoms with Crippen LogP contribution in [0, 0.1) is 0 Å². The lowest BCUT2D eigenvalue weighted by molar-refractivity contribution is 0.145. The zero-order chi connectivity index (χ0) is 20.2. The van der Waals surface area contributed by atoms with Crippen LogP contribution in [0.4, 0.5) is 0 Å². The van der Waals surface area contributed by atoms with E-state index in [0.29, 0.717) is 19.0 Å². The molecule has 0 aliphatic heterocycles. The van der Waals surface area contributed by atoms with Gasteiger partial charge in [-0.1, -0.05) is 26.0 Å². The lowest BCUT2D eigenvalue weighted by Gasteiger charge is -2.12. The highest BCUT2D eigenvalue weighted by Gasteiger charge is 2.07. The van der Waals surface area contributed by atoms with Crippen molar-refractivity contribution in [2.75, 3.05) is 26.9 Å². The minimum atomic E-state index is 0.449. The number of nitrogens with zero attached hydrogens (tertiary/aromatic N) is 2. The number of benzene rings is 1. The van der Waals surface area contributed by atoms with Crippen LogP contribution in [-0.2, 0) is 17.8 Å². The normalized spacial score (nSPS) is 11.7. The first-order valence-corrected chi connectivity index (χ1v) is 10.7. The third-order valence-corrected chi connectivity index (χ3v) is 4.98. The van der Waals surface area contributed by atoms with Gasteiger partial charge >= 0.3 is 0 Å². The second kappa shape index (κ2) is 12.4. The molecule has 6 nitrogen and oxygen atoms in total. The summed E-state index contributed by atoms with van der Waals surface area (Å²) >= 11 is 1.68. The predicted molar refractivity (Wildman–Crippen MR) is 116 cm³/mol. The Bertz CT molecular complexity index is 713. The Kier molecular flexibility index (Phi) is 9.79. The van der Waals surface area contributed by atoms with Gasteiger partial charge in [0.25, 0.3) is 0 Å². The van der Waals surface area contributed by atoms with Crippen molar-refractivity contribution in [1.82, 2.24) is 15.6 Å². The van der Waals surface area contributed by atoms with E-state index in [4.69, 9.17) is 14.5 Å². The molecule has 0 atom stereocenters. The molecule has 0 amide bonds. The molecule has 2 aromatic rings. The lowest BCUT2D eigenvalue weighted by Crippen LogP contribution is -2.37. The average molecular weight is 405 g/mol. The third kappa shape index (κ3) is 7.86. The monoisotopic (exact) mass is 404 g/mol. The number of hydrogen-bond donors (Lipinski definition) is 2. The molecule has 0 bridgehead atoms. The van der Waals surface area contributed by atoms with Crippen LogP contribution in [0.25, 0.3) is 0 Å². The predicted octanol–water partition coefficient (Wildman–Crippen LogP) is 3.94. The number of aliphatic imine (C=N–C) groups is 1. The van der Waals surface area contributed by atoms with Crippen LogP contribution in [0.1, 0.15) is 49.4 Å². The first kappa shape index (κ1) is 22.2. The summed E-state index contributed by atoms with van der Waals surface area (Å²) in [5.41, 5.74) is 2.27. The molecule has 0 saturated carbocycles. The van der Waals surface area contributed by atoms with Gasteiger partial charge in [-0.25, -0.2) is 9.98 Å². The van der Waals surface area contributed by atoms with Crippen LogP contribution in [0.3, 0.4) is 0 Å². The number of methoxy groups -OCH3 is 1. The van der Waals surface area contributed by atoms with Gasteiger partial charge in [-0.2, -0.15) is 0 Å². The number of nitrogens with one attached hydrogen (secondary N) is 2. The van der Waals surface area contributed by atoms with Gasteiger partial charge in [0.2, 0.25) is 0 Å².